The molecular formula is C17H18N6O3. The van der Waals surface area contributed by atoms with Gasteiger partial charge in [0.05, 0.1) is 18.4 Å². The number of aromatic amines is 1. The highest BCUT2D eigenvalue weighted by molar-refractivity contribution is 5.93. The second-order valence-electron chi connectivity index (χ2n) is 6.35. The number of carbonyl (C=O) groups is 1. The number of hydrogen-bond acceptors (Lipinski definition) is 6. The predicted octanol–water partition coefficient (Wildman–Crippen LogP) is 0.759. The van der Waals surface area contributed by atoms with Crippen LogP contribution in [0.1, 0.15) is 34.1 Å². The molecule has 0 saturated carbocycles. The van der Waals surface area contributed by atoms with Crippen molar-refractivity contribution in [2.45, 2.75) is 19.3 Å². The lowest BCUT2D eigenvalue weighted by molar-refractivity contribution is 0.0789. The number of carbonyl (C=O) groups excluding carboxylic acids is 1. The SMILES string of the molecule is COc1ncc(C(=O)N2CC[C@@H](c3cc(=O)n4[nH]c(C)cc4n3)C2)cn1. The van der Waals surface area contributed by atoms with E-state index in [-0.39, 0.29) is 23.4 Å². The van der Waals surface area contributed by atoms with Crippen LogP contribution in [0.5, 0.6) is 6.01 Å². The highest BCUT2D eigenvalue weighted by Crippen LogP contribution is 2.26. The summed E-state index contributed by atoms with van der Waals surface area (Å²) < 4.78 is 6.33. The predicted molar refractivity (Wildman–Crippen MR) is 92.4 cm³/mol. The molecular weight excluding hydrogens is 336 g/mol. The van der Waals surface area contributed by atoms with Crippen molar-refractivity contribution in [3.05, 3.63) is 51.8 Å². The van der Waals surface area contributed by atoms with Crippen LogP contribution in [0.15, 0.2) is 29.3 Å². The second kappa shape index (κ2) is 6.25. The Labute approximate surface area is 148 Å². The maximum Gasteiger partial charge on any atom is 0.316 e. The number of H-pyrrole nitrogens is 1. The lowest BCUT2D eigenvalue weighted by Crippen LogP contribution is -2.29. The summed E-state index contributed by atoms with van der Waals surface area (Å²) in [5.41, 5.74) is 2.45. The molecule has 0 spiro atoms. The van der Waals surface area contributed by atoms with Gasteiger partial charge in [-0.2, -0.15) is 0 Å². The van der Waals surface area contributed by atoms with E-state index < -0.39 is 0 Å². The molecule has 1 fully saturated rings. The number of aryl methyl sites for hydroxylation is 1. The molecule has 0 aliphatic carbocycles. The van der Waals surface area contributed by atoms with Crippen LogP contribution in [0.2, 0.25) is 0 Å². The van der Waals surface area contributed by atoms with E-state index in [2.05, 4.69) is 20.1 Å². The third kappa shape index (κ3) is 2.81. The Bertz CT molecular complexity index is 1020. The lowest BCUT2D eigenvalue weighted by atomic mass is 10.0. The average molecular weight is 354 g/mol. The fraction of sp³-hybridized carbons (Fsp3) is 0.353. The Morgan fingerprint density at radius 1 is 1.31 bits per heavy atom. The smallest absolute Gasteiger partial charge is 0.316 e. The fourth-order valence-electron chi connectivity index (χ4n) is 3.24. The number of fused-ring (bicyclic) bond motifs is 1. The normalized spacial score (nSPS) is 17.0. The van der Waals surface area contributed by atoms with Gasteiger partial charge in [0.2, 0.25) is 0 Å². The number of methoxy groups -OCH3 is 1. The molecule has 0 radical (unpaired) electrons. The minimum atomic E-state index is -0.147. The van der Waals surface area contributed by atoms with E-state index in [0.717, 1.165) is 17.8 Å². The number of hydrogen-bond donors (Lipinski definition) is 1. The van der Waals surface area contributed by atoms with Gasteiger partial charge in [0, 0.05) is 49.2 Å². The Morgan fingerprint density at radius 2 is 2.08 bits per heavy atom. The first-order valence-corrected chi connectivity index (χ1v) is 8.30. The van der Waals surface area contributed by atoms with Crippen molar-refractivity contribution in [3.63, 3.8) is 0 Å². The van der Waals surface area contributed by atoms with Gasteiger partial charge in [0.25, 0.3) is 11.5 Å². The summed E-state index contributed by atoms with van der Waals surface area (Å²) in [5.74, 6) is -0.100. The number of aromatic nitrogens is 5. The van der Waals surface area contributed by atoms with E-state index in [9.17, 15) is 9.59 Å². The van der Waals surface area contributed by atoms with Crippen LogP contribution in [0.3, 0.4) is 0 Å². The molecule has 9 nitrogen and oxygen atoms in total. The molecule has 26 heavy (non-hydrogen) atoms. The molecule has 1 aliphatic rings. The summed E-state index contributed by atoms with van der Waals surface area (Å²) in [7, 11) is 1.47. The van der Waals surface area contributed by atoms with Crippen molar-refractivity contribution in [3.8, 4) is 6.01 Å². The highest BCUT2D eigenvalue weighted by atomic mass is 16.5. The van der Waals surface area contributed by atoms with E-state index >= 15 is 0 Å². The van der Waals surface area contributed by atoms with Gasteiger partial charge in [0.1, 0.15) is 0 Å². The van der Waals surface area contributed by atoms with Crippen LogP contribution in [0, 0.1) is 6.92 Å². The van der Waals surface area contributed by atoms with E-state index in [1.54, 1.807) is 4.90 Å². The third-order valence-corrected chi connectivity index (χ3v) is 4.55. The maximum atomic E-state index is 12.6. The molecule has 0 aromatic carbocycles. The quantitative estimate of drug-likeness (QED) is 0.744. The third-order valence-electron chi connectivity index (χ3n) is 4.55. The van der Waals surface area contributed by atoms with Crippen molar-refractivity contribution in [1.82, 2.24) is 29.5 Å². The van der Waals surface area contributed by atoms with Crippen LogP contribution in [-0.2, 0) is 0 Å². The minimum absolute atomic E-state index is 0.0334. The molecule has 4 rings (SSSR count). The van der Waals surface area contributed by atoms with Crippen LogP contribution >= 0.6 is 0 Å². The average Bonchev–Trinajstić information content (AvgIpc) is 3.27. The summed E-state index contributed by atoms with van der Waals surface area (Å²) in [6.45, 7) is 2.99. The monoisotopic (exact) mass is 354 g/mol. The highest BCUT2D eigenvalue weighted by Gasteiger charge is 2.29. The summed E-state index contributed by atoms with van der Waals surface area (Å²) in [4.78, 5) is 39.1. The molecule has 1 saturated heterocycles. The number of nitrogens with zero attached hydrogens (tertiary/aromatic N) is 5. The van der Waals surface area contributed by atoms with Crippen molar-refractivity contribution < 1.29 is 9.53 Å². The summed E-state index contributed by atoms with van der Waals surface area (Å²) in [6.07, 6.45) is 3.68. The minimum Gasteiger partial charge on any atom is -0.467 e. The van der Waals surface area contributed by atoms with Gasteiger partial charge in [-0.3, -0.25) is 14.7 Å². The van der Waals surface area contributed by atoms with Gasteiger partial charge in [-0.15, -0.1) is 0 Å². The number of likely N-dealkylation sites (tertiary alicyclic amines) is 1. The molecule has 0 unspecified atom stereocenters. The summed E-state index contributed by atoms with van der Waals surface area (Å²) in [6, 6.07) is 3.59. The number of amides is 1. The number of ether oxygens (including phenoxy) is 1. The van der Waals surface area contributed by atoms with E-state index in [1.165, 1.54) is 30.1 Å². The van der Waals surface area contributed by atoms with Gasteiger partial charge in [0.15, 0.2) is 5.65 Å². The molecule has 0 bridgehead atoms. The molecule has 134 valence electrons. The number of rotatable bonds is 3. The van der Waals surface area contributed by atoms with E-state index in [4.69, 9.17) is 4.74 Å². The fourth-order valence-corrected chi connectivity index (χ4v) is 3.24. The van der Waals surface area contributed by atoms with E-state index in [1.807, 2.05) is 13.0 Å². The van der Waals surface area contributed by atoms with Gasteiger partial charge < -0.3 is 9.64 Å². The van der Waals surface area contributed by atoms with Crippen molar-refractivity contribution in [2.75, 3.05) is 20.2 Å². The van der Waals surface area contributed by atoms with Crippen LogP contribution in [0.25, 0.3) is 5.65 Å². The van der Waals surface area contributed by atoms with Gasteiger partial charge >= 0.3 is 6.01 Å². The molecule has 3 aromatic rings. The summed E-state index contributed by atoms with van der Waals surface area (Å²) >= 11 is 0. The topological polar surface area (TPSA) is 105 Å². The summed E-state index contributed by atoms with van der Waals surface area (Å²) in [5, 5.41) is 2.96. The number of nitrogens with one attached hydrogen (secondary N) is 1. The van der Waals surface area contributed by atoms with Crippen LogP contribution in [0.4, 0.5) is 0 Å². The molecule has 1 atom stereocenters. The van der Waals surface area contributed by atoms with Crippen molar-refractivity contribution in [2.24, 2.45) is 0 Å². The standard InChI is InChI=1S/C17H18N6O3/c1-10-5-14-20-13(6-15(24)23(14)21-10)11-3-4-22(9-11)16(25)12-7-18-17(26-2)19-8-12/h5-8,11,21H,3-4,9H2,1-2H3/t11-/m1/s1. The van der Waals surface area contributed by atoms with E-state index in [0.29, 0.717) is 24.3 Å². The first-order valence-electron chi connectivity index (χ1n) is 8.30. The largest absolute Gasteiger partial charge is 0.467 e. The molecule has 1 aliphatic heterocycles. The molecule has 4 heterocycles. The van der Waals surface area contributed by atoms with Crippen LogP contribution < -0.4 is 10.3 Å². The van der Waals surface area contributed by atoms with Gasteiger partial charge in [-0.25, -0.2) is 19.5 Å². The lowest BCUT2D eigenvalue weighted by Gasteiger charge is -2.16. The first-order chi connectivity index (χ1) is 12.5. The van der Waals surface area contributed by atoms with Gasteiger partial charge in [-0.05, 0) is 13.3 Å². The maximum absolute atomic E-state index is 12.6. The Morgan fingerprint density at radius 3 is 2.81 bits per heavy atom. The molecule has 9 heteroatoms. The van der Waals surface area contributed by atoms with Crippen molar-refractivity contribution in [1.29, 1.82) is 0 Å². The first kappa shape index (κ1) is 16.2. The van der Waals surface area contributed by atoms with Crippen molar-refractivity contribution >= 4 is 11.6 Å². The molecule has 3 aromatic heterocycles. The zero-order valence-corrected chi connectivity index (χ0v) is 14.5. The molecule has 1 amide bonds. The molecule has 1 N–H and O–H groups in total. The second-order valence-corrected chi connectivity index (χ2v) is 6.35. The van der Waals surface area contributed by atoms with Gasteiger partial charge in [-0.1, -0.05) is 0 Å². The Balaban J connectivity index is 1.54. The van der Waals surface area contributed by atoms with Crippen LogP contribution in [-0.4, -0.2) is 55.6 Å². The Kier molecular flexibility index (Phi) is 3.90. The zero-order valence-electron chi connectivity index (χ0n) is 14.5. The Hall–Kier alpha value is -3.23. The zero-order chi connectivity index (χ0) is 18.3.